The van der Waals surface area contributed by atoms with E-state index in [0.29, 0.717) is 23.3 Å². The molecular weight excluding hydrogens is 360 g/mol. The molecule has 0 bridgehead atoms. The third-order valence-corrected chi connectivity index (χ3v) is 4.55. The maximum absolute atomic E-state index is 6.33. The predicted molar refractivity (Wildman–Crippen MR) is 107 cm³/mol. The summed E-state index contributed by atoms with van der Waals surface area (Å²) >= 11 is 6.33. The molecule has 0 atom stereocenters. The Hall–Kier alpha value is -3.11. The molecule has 4 aromatic rings. The number of nitrogens with zero attached hydrogens (tertiary/aromatic N) is 2. The summed E-state index contributed by atoms with van der Waals surface area (Å²) in [6.45, 7) is 0.396. The van der Waals surface area contributed by atoms with Crippen LogP contribution in [0.15, 0.2) is 72.8 Å². The Kier molecular flexibility index (Phi) is 4.90. The van der Waals surface area contributed by atoms with Gasteiger partial charge in [-0.1, -0.05) is 48.0 Å². The molecule has 4 nitrogen and oxygen atoms in total. The van der Waals surface area contributed by atoms with Crippen LogP contribution in [0.2, 0.25) is 5.02 Å². The van der Waals surface area contributed by atoms with Crippen molar-refractivity contribution in [3.8, 4) is 23.0 Å². The average molecular weight is 377 g/mol. The summed E-state index contributed by atoms with van der Waals surface area (Å²) in [7, 11) is 1.65. The number of rotatable bonds is 5. The number of hydrogen-bond acceptors (Lipinski definition) is 4. The van der Waals surface area contributed by atoms with Crippen molar-refractivity contribution in [1.29, 1.82) is 0 Å². The Morgan fingerprint density at radius 2 is 1.59 bits per heavy atom. The van der Waals surface area contributed by atoms with Crippen LogP contribution in [-0.2, 0) is 6.61 Å². The number of methoxy groups -OCH3 is 1. The summed E-state index contributed by atoms with van der Waals surface area (Å²) in [5, 5.41) is 1.47. The van der Waals surface area contributed by atoms with E-state index in [4.69, 9.17) is 21.1 Å². The first-order valence-corrected chi connectivity index (χ1v) is 8.90. The van der Waals surface area contributed by atoms with Crippen molar-refractivity contribution >= 4 is 22.5 Å². The van der Waals surface area contributed by atoms with Gasteiger partial charge in [0, 0.05) is 5.56 Å². The zero-order chi connectivity index (χ0) is 18.6. The Bertz CT molecular complexity index is 1080. The third kappa shape index (κ3) is 3.71. The largest absolute Gasteiger partial charge is 0.497 e. The van der Waals surface area contributed by atoms with Crippen molar-refractivity contribution in [3.63, 3.8) is 0 Å². The molecule has 0 radical (unpaired) electrons. The Morgan fingerprint density at radius 1 is 0.852 bits per heavy atom. The van der Waals surface area contributed by atoms with E-state index in [2.05, 4.69) is 9.97 Å². The molecule has 4 rings (SSSR count). The fourth-order valence-electron chi connectivity index (χ4n) is 2.79. The van der Waals surface area contributed by atoms with Crippen LogP contribution in [0.1, 0.15) is 5.56 Å². The van der Waals surface area contributed by atoms with Gasteiger partial charge in [-0.25, -0.2) is 4.98 Å². The van der Waals surface area contributed by atoms with Crippen LogP contribution in [0.5, 0.6) is 11.6 Å². The number of halogens is 1. The van der Waals surface area contributed by atoms with Gasteiger partial charge in [0.05, 0.1) is 23.0 Å². The lowest BCUT2D eigenvalue weighted by atomic mass is 10.2. The van der Waals surface area contributed by atoms with Crippen molar-refractivity contribution in [2.24, 2.45) is 0 Å². The van der Waals surface area contributed by atoms with E-state index in [0.717, 1.165) is 27.8 Å². The van der Waals surface area contributed by atoms with Gasteiger partial charge in [-0.05, 0) is 42.0 Å². The minimum absolute atomic E-state index is 0.396. The van der Waals surface area contributed by atoms with Gasteiger partial charge in [-0.2, -0.15) is 4.98 Å². The molecule has 0 amide bonds. The van der Waals surface area contributed by atoms with Crippen LogP contribution in [0, 0.1) is 0 Å². The summed E-state index contributed by atoms with van der Waals surface area (Å²) in [5.41, 5.74) is 2.61. The molecule has 5 heteroatoms. The van der Waals surface area contributed by atoms with Crippen molar-refractivity contribution in [2.75, 3.05) is 7.11 Å². The van der Waals surface area contributed by atoms with Gasteiger partial charge in [0.2, 0.25) is 5.88 Å². The third-order valence-electron chi connectivity index (χ3n) is 4.22. The van der Waals surface area contributed by atoms with Crippen molar-refractivity contribution < 1.29 is 9.47 Å². The molecule has 0 unspecified atom stereocenters. The van der Waals surface area contributed by atoms with Crippen molar-refractivity contribution in [1.82, 2.24) is 9.97 Å². The van der Waals surface area contributed by atoms with Gasteiger partial charge in [-0.15, -0.1) is 0 Å². The zero-order valence-corrected chi connectivity index (χ0v) is 15.5. The van der Waals surface area contributed by atoms with Crippen LogP contribution >= 0.6 is 11.6 Å². The minimum Gasteiger partial charge on any atom is -0.497 e. The molecule has 1 aromatic heterocycles. The van der Waals surface area contributed by atoms with Crippen LogP contribution in [0.25, 0.3) is 22.3 Å². The smallest absolute Gasteiger partial charge is 0.225 e. The molecule has 0 aliphatic heterocycles. The quantitative estimate of drug-likeness (QED) is 0.459. The van der Waals surface area contributed by atoms with Crippen LogP contribution in [0.3, 0.4) is 0 Å². The fourth-order valence-corrected chi connectivity index (χ4v) is 3.01. The number of para-hydroxylation sites is 1. The number of hydrogen-bond donors (Lipinski definition) is 0. The second-order valence-corrected chi connectivity index (χ2v) is 6.39. The van der Waals surface area contributed by atoms with Crippen LogP contribution < -0.4 is 9.47 Å². The standard InChI is InChI=1S/C22H17ClN2O2/c1-26-16-12-10-15(11-13-16)14-27-22-18-7-3-5-9-20(18)24-21(25-22)17-6-2-4-8-19(17)23/h2-13H,14H2,1H3. The van der Waals surface area contributed by atoms with Gasteiger partial charge in [-0.3, -0.25) is 0 Å². The van der Waals surface area contributed by atoms with Gasteiger partial charge in [0.1, 0.15) is 12.4 Å². The minimum atomic E-state index is 0.396. The van der Waals surface area contributed by atoms with E-state index >= 15 is 0 Å². The van der Waals surface area contributed by atoms with Crippen LogP contribution in [-0.4, -0.2) is 17.1 Å². The van der Waals surface area contributed by atoms with Gasteiger partial charge >= 0.3 is 0 Å². The molecule has 134 valence electrons. The second kappa shape index (κ2) is 7.64. The van der Waals surface area contributed by atoms with E-state index in [9.17, 15) is 0 Å². The Labute approximate surface area is 162 Å². The summed E-state index contributed by atoms with van der Waals surface area (Å²) in [6.07, 6.45) is 0. The van der Waals surface area contributed by atoms with Gasteiger partial charge in [0.15, 0.2) is 5.82 Å². The monoisotopic (exact) mass is 376 g/mol. The molecule has 0 saturated carbocycles. The first-order valence-electron chi connectivity index (χ1n) is 8.52. The first-order chi connectivity index (χ1) is 13.2. The lowest BCUT2D eigenvalue weighted by molar-refractivity contribution is 0.298. The average Bonchev–Trinajstić information content (AvgIpc) is 2.72. The van der Waals surface area contributed by atoms with E-state index in [1.807, 2.05) is 72.8 Å². The summed E-state index contributed by atoms with van der Waals surface area (Å²) in [4.78, 5) is 9.29. The number of ether oxygens (including phenoxy) is 2. The Balaban J connectivity index is 1.71. The molecular formula is C22H17ClN2O2. The molecule has 0 aliphatic carbocycles. The normalized spacial score (nSPS) is 10.7. The highest BCUT2D eigenvalue weighted by Crippen LogP contribution is 2.30. The summed E-state index contributed by atoms with van der Waals surface area (Å²) < 4.78 is 11.2. The lowest BCUT2D eigenvalue weighted by Crippen LogP contribution is -2.01. The SMILES string of the molecule is COc1ccc(COc2nc(-c3ccccc3Cl)nc3ccccc23)cc1. The van der Waals surface area contributed by atoms with E-state index in [1.165, 1.54) is 0 Å². The van der Waals surface area contributed by atoms with E-state index < -0.39 is 0 Å². The molecule has 0 fully saturated rings. The van der Waals surface area contributed by atoms with Gasteiger partial charge in [0.25, 0.3) is 0 Å². The highest BCUT2D eigenvalue weighted by Gasteiger charge is 2.12. The second-order valence-electron chi connectivity index (χ2n) is 5.99. The summed E-state index contributed by atoms with van der Waals surface area (Å²) in [5.74, 6) is 1.89. The molecule has 0 aliphatic rings. The molecule has 0 N–H and O–H groups in total. The van der Waals surface area contributed by atoms with Crippen LogP contribution in [0.4, 0.5) is 0 Å². The topological polar surface area (TPSA) is 44.2 Å². The molecule has 0 spiro atoms. The molecule has 3 aromatic carbocycles. The Morgan fingerprint density at radius 3 is 2.37 bits per heavy atom. The summed E-state index contributed by atoms with van der Waals surface area (Å²) in [6, 6.07) is 23.1. The van der Waals surface area contributed by atoms with E-state index in [-0.39, 0.29) is 0 Å². The van der Waals surface area contributed by atoms with Gasteiger partial charge < -0.3 is 9.47 Å². The fraction of sp³-hybridized carbons (Fsp3) is 0.0909. The van der Waals surface area contributed by atoms with Crippen molar-refractivity contribution in [3.05, 3.63) is 83.4 Å². The number of aromatic nitrogens is 2. The number of benzene rings is 3. The first kappa shape index (κ1) is 17.3. The molecule has 27 heavy (non-hydrogen) atoms. The molecule has 1 heterocycles. The molecule has 0 saturated heterocycles. The number of fused-ring (bicyclic) bond motifs is 1. The highest BCUT2D eigenvalue weighted by atomic mass is 35.5. The maximum atomic E-state index is 6.33. The zero-order valence-electron chi connectivity index (χ0n) is 14.7. The van der Waals surface area contributed by atoms with Crippen molar-refractivity contribution in [2.45, 2.75) is 6.61 Å². The highest BCUT2D eigenvalue weighted by molar-refractivity contribution is 6.33. The predicted octanol–water partition coefficient (Wildman–Crippen LogP) is 5.54. The maximum Gasteiger partial charge on any atom is 0.225 e. The lowest BCUT2D eigenvalue weighted by Gasteiger charge is -2.11. The van der Waals surface area contributed by atoms with E-state index in [1.54, 1.807) is 7.11 Å².